The lowest BCUT2D eigenvalue weighted by molar-refractivity contribution is 0.138. The molecule has 2 aliphatic heterocycles. The van der Waals surface area contributed by atoms with Gasteiger partial charge in [0.15, 0.2) is 11.5 Å². The summed E-state index contributed by atoms with van der Waals surface area (Å²) in [6.07, 6.45) is 9.71. The van der Waals surface area contributed by atoms with Gasteiger partial charge in [0.1, 0.15) is 0 Å². The minimum atomic E-state index is -0.00297. The van der Waals surface area contributed by atoms with Gasteiger partial charge in [-0.25, -0.2) is 14.6 Å². The minimum absolute atomic E-state index is 0.00297. The van der Waals surface area contributed by atoms with Crippen molar-refractivity contribution in [3.63, 3.8) is 0 Å². The highest BCUT2D eigenvalue weighted by Gasteiger charge is 2.27. The Morgan fingerprint density at radius 3 is 2.58 bits per heavy atom. The molecule has 0 unspecified atom stereocenters. The standard InChI is InChI=1S/C28H23N7O/c1-29-22-5-3-19(4-6-22)20-14-26-27-30-9-10-35(27)25-8-7-23(13-21(25)16-32(26)15-20)33-11-12-34(28(33)36)24-17-31(2)18-24/h3-15,24H,16-18H2,2H3. The first-order chi connectivity index (χ1) is 17.6. The van der Waals surface area contributed by atoms with Crippen LogP contribution in [0.1, 0.15) is 11.6 Å². The van der Waals surface area contributed by atoms with Crippen molar-refractivity contribution in [3.8, 4) is 34.0 Å². The van der Waals surface area contributed by atoms with Gasteiger partial charge in [-0.15, -0.1) is 0 Å². The molecule has 0 radical (unpaired) electrons. The van der Waals surface area contributed by atoms with E-state index in [0.717, 1.165) is 52.7 Å². The number of likely N-dealkylation sites (tertiary alicyclic amines) is 1. The molecule has 0 spiro atoms. The van der Waals surface area contributed by atoms with Gasteiger partial charge in [0.05, 0.1) is 29.7 Å². The third kappa shape index (κ3) is 3.10. The number of aromatic nitrogens is 5. The lowest BCUT2D eigenvalue weighted by Crippen LogP contribution is -2.47. The van der Waals surface area contributed by atoms with Gasteiger partial charge >= 0.3 is 5.69 Å². The monoisotopic (exact) mass is 473 g/mol. The number of fused-ring (bicyclic) bond motifs is 5. The van der Waals surface area contributed by atoms with E-state index in [1.165, 1.54) is 0 Å². The van der Waals surface area contributed by atoms with Gasteiger partial charge in [-0.1, -0.05) is 24.3 Å². The summed E-state index contributed by atoms with van der Waals surface area (Å²) in [5.41, 5.74) is 6.82. The van der Waals surface area contributed by atoms with Crippen LogP contribution in [0.15, 0.2) is 84.3 Å². The van der Waals surface area contributed by atoms with Crippen LogP contribution < -0.4 is 5.69 Å². The van der Waals surface area contributed by atoms with Crippen LogP contribution in [0.2, 0.25) is 0 Å². The molecule has 176 valence electrons. The lowest BCUT2D eigenvalue weighted by atomic mass is 10.1. The second kappa shape index (κ2) is 7.70. The van der Waals surface area contributed by atoms with Crippen LogP contribution in [-0.2, 0) is 6.54 Å². The van der Waals surface area contributed by atoms with Crippen LogP contribution in [0, 0.1) is 6.57 Å². The van der Waals surface area contributed by atoms with Crippen LogP contribution in [0.5, 0.6) is 0 Å². The molecule has 7 rings (SSSR count). The fourth-order valence-corrected chi connectivity index (χ4v) is 5.38. The van der Waals surface area contributed by atoms with E-state index in [4.69, 9.17) is 6.57 Å². The average molecular weight is 474 g/mol. The van der Waals surface area contributed by atoms with Crippen molar-refractivity contribution in [2.75, 3.05) is 20.1 Å². The van der Waals surface area contributed by atoms with Crippen LogP contribution in [0.4, 0.5) is 5.69 Å². The maximum absolute atomic E-state index is 13.2. The predicted octanol–water partition coefficient (Wildman–Crippen LogP) is 4.36. The number of hydrogen-bond donors (Lipinski definition) is 0. The summed E-state index contributed by atoms with van der Waals surface area (Å²) in [6.45, 7) is 9.66. The average Bonchev–Trinajstić information content (AvgIpc) is 3.59. The third-order valence-electron chi connectivity index (χ3n) is 7.28. The largest absolute Gasteiger partial charge is 0.340 e. The third-order valence-corrected chi connectivity index (χ3v) is 7.28. The fourth-order valence-electron chi connectivity index (χ4n) is 5.38. The van der Waals surface area contributed by atoms with Crippen molar-refractivity contribution in [1.29, 1.82) is 0 Å². The molecule has 1 fully saturated rings. The summed E-state index contributed by atoms with van der Waals surface area (Å²) in [5.74, 6) is 0.878. The van der Waals surface area contributed by atoms with Crippen molar-refractivity contribution in [3.05, 3.63) is 107 Å². The van der Waals surface area contributed by atoms with Gasteiger partial charge in [0, 0.05) is 56.2 Å². The zero-order valence-electron chi connectivity index (χ0n) is 19.7. The minimum Gasteiger partial charge on any atom is -0.340 e. The second-order valence-corrected chi connectivity index (χ2v) is 9.57. The SMILES string of the molecule is [C-]#[N+]c1ccc(-c2cc3n(c2)Cc2cc(-n4ccn(C5CN(C)C5)c4=O)ccc2-n2ccnc2-3)cc1. The topological polar surface area (TPSA) is 57.3 Å². The van der Waals surface area contributed by atoms with Crippen molar-refractivity contribution in [2.45, 2.75) is 12.6 Å². The summed E-state index contributed by atoms with van der Waals surface area (Å²) in [7, 11) is 2.07. The zero-order chi connectivity index (χ0) is 24.4. The number of imidazole rings is 2. The molecule has 1 saturated heterocycles. The van der Waals surface area contributed by atoms with Crippen LogP contribution in [0.3, 0.4) is 0 Å². The molecule has 0 saturated carbocycles. The number of benzene rings is 2. The van der Waals surface area contributed by atoms with Crippen molar-refractivity contribution < 1.29 is 0 Å². The van der Waals surface area contributed by atoms with Crippen LogP contribution in [-0.4, -0.2) is 48.3 Å². The van der Waals surface area contributed by atoms with Gasteiger partial charge in [0.25, 0.3) is 0 Å². The van der Waals surface area contributed by atoms with E-state index in [2.05, 4.69) is 55.3 Å². The molecular weight excluding hydrogens is 450 g/mol. The van der Waals surface area contributed by atoms with E-state index >= 15 is 0 Å². The number of hydrogen-bond acceptors (Lipinski definition) is 3. The summed E-state index contributed by atoms with van der Waals surface area (Å²) < 4.78 is 7.90. The van der Waals surface area contributed by atoms with E-state index in [1.54, 1.807) is 4.57 Å². The van der Waals surface area contributed by atoms with Crippen LogP contribution >= 0.6 is 0 Å². The van der Waals surface area contributed by atoms with Gasteiger partial charge in [-0.3, -0.25) is 13.7 Å². The molecule has 36 heavy (non-hydrogen) atoms. The maximum Gasteiger partial charge on any atom is 0.333 e. The van der Waals surface area contributed by atoms with Gasteiger partial charge in [-0.2, -0.15) is 0 Å². The molecule has 0 atom stereocenters. The Hall–Kier alpha value is -4.61. The molecular formula is C28H23N7O. The van der Waals surface area contributed by atoms with Crippen molar-refractivity contribution >= 4 is 5.69 Å². The Bertz CT molecular complexity index is 1720. The van der Waals surface area contributed by atoms with Crippen LogP contribution in [0.25, 0.3) is 38.9 Å². The molecule has 8 heteroatoms. The second-order valence-electron chi connectivity index (χ2n) is 9.57. The molecule has 0 aliphatic carbocycles. The zero-order valence-corrected chi connectivity index (χ0v) is 19.7. The number of likely N-dealkylation sites (N-methyl/N-ethyl adjacent to an activating group) is 1. The highest BCUT2D eigenvalue weighted by atomic mass is 16.1. The summed E-state index contributed by atoms with van der Waals surface area (Å²) in [5, 5.41) is 0. The molecule has 0 bridgehead atoms. The predicted molar refractivity (Wildman–Crippen MR) is 138 cm³/mol. The van der Waals surface area contributed by atoms with E-state index < -0.39 is 0 Å². The first-order valence-corrected chi connectivity index (χ1v) is 11.9. The van der Waals surface area contributed by atoms with E-state index in [1.807, 2.05) is 59.7 Å². The van der Waals surface area contributed by atoms with E-state index in [0.29, 0.717) is 12.2 Å². The first-order valence-electron chi connectivity index (χ1n) is 11.9. The quantitative estimate of drug-likeness (QED) is 0.359. The fraction of sp³-hybridized carbons (Fsp3) is 0.179. The smallest absolute Gasteiger partial charge is 0.333 e. The van der Waals surface area contributed by atoms with E-state index in [9.17, 15) is 4.79 Å². The van der Waals surface area contributed by atoms with Crippen molar-refractivity contribution in [2.24, 2.45) is 0 Å². The first kappa shape index (κ1) is 20.7. The highest BCUT2D eigenvalue weighted by molar-refractivity contribution is 5.73. The van der Waals surface area contributed by atoms with Gasteiger partial charge in [-0.05, 0) is 42.4 Å². The summed E-state index contributed by atoms with van der Waals surface area (Å²) >= 11 is 0. The molecule has 5 aromatic rings. The Morgan fingerprint density at radius 1 is 0.972 bits per heavy atom. The Morgan fingerprint density at radius 2 is 1.81 bits per heavy atom. The van der Waals surface area contributed by atoms with Gasteiger partial charge < -0.3 is 9.47 Å². The summed E-state index contributed by atoms with van der Waals surface area (Å²) in [6, 6.07) is 16.2. The molecule has 3 aromatic heterocycles. The Kier molecular flexibility index (Phi) is 4.43. The van der Waals surface area contributed by atoms with E-state index in [-0.39, 0.29) is 11.7 Å². The number of rotatable bonds is 3. The molecule has 2 aromatic carbocycles. The van der Waals surface area contributed by atoms with Crippen molar-refractivity contribution in [1.82, 2.24) is 28.2 Å². The molecule has 8 nitrogen and oxygen atoms in total. The highest BCUT2D eigenvalue weighted by Crippen LogP contribution is 2.35. The molecule has 2 aliphatic rings. The Balaban J connectivity index is 1.30. The lowest BCUT2D eigenvalue weighted by Gasteiger charge is -2.36. The van der Waals surface area contributed by atoms with Gasteiger partial charge in [0.2, 0.25) is 0 Å². The summed E-state index contributed by atoms with van der Waals surface area (Å²) in [4.78, 5) is 23.6. The normalized spacial score (nSPS) is 14.9. The Labute approximate surface area is 207 Å². The number of nitrogens with zero attached hydrogens (tertiary/aromatic N) is 7. The maximum atomic E-state index is 13.2. The molecule has 0 amide bonds. The molecule has 5 heterocycles. The molecule has 0 N–H and O–H groups in total.